The standard InChI is InChI=1S/C12H15ClN2OS/c1-7-9-5-14-4-8(9)6-15(7)12(16)10-2-3-11(13)17-10/h2-3,7-9,14H,4-6H2,1H3. The van der Waals surface area contributed by atoms with E-state index in [1.54, 1.807) is 6.07 Å². The van der Waals surface area contributed by atoms with E-state index in [-0.39, 0.29) is 5.91 Å². The summed E-state index contributed by atoms with van der Waals surface area (Å²) >= 11 is 7.25. The summed E-state index contributed by atoms with van der Waals surface area (Å²) in [4.78, 5) is 15.1. The molecule has 2 aliphatic heterocycles. The number of hydrogen-bond acceptors (Lipinski definition) is 3. The average molecular weight is 271 g/mol. The molecule has 3 rings (SSSR count). The van der Waals surface area contributed by atoms with Gasteiger partial charge in [-0.15, -0.1) is 11.3 Å². The molecule has 2 aliphatic rings. The van der Waals surface area contributed by atoms with Crippen molar-refractivity contribution in [3.63, 3.8) is 0 Å². The molecule has 0 radical (unpaired) electrons. The second-order valence-electron chi connectivity index (χ2n) is 4.88. The zero-order valence-corrected chi connectivity index (χ0v) is 11.2. The number of rotatable bonds is 1. The number of hydrogen-bond donors (Lipinski definition) is 1. The number of fused-ring (bicyclic) bond motifs is 1. The van der Waals surface area contributed by atoms with E-state index < -0.39 is 0 Å². The molecule has 2 fully saturated rings. The Labute approximate surface area is 110 Å². The normalized spacial score (nSPS) is 31.9. The van der Waals surface area contributed by atoms with Crippen molar-refractivity contribution in [1.82, 2.24) is 10.2 Å². The van der Waals surface area contributed by atoms with Crippen molar-refractivity contribution < 1.29 is 4.79 Å². The van der Waals surface area contributed by atoms with Crippen molar-refractivity contribution >= 4 is 28.8 Å². The quantitative estimate of drug-likeness (QED) is 0.847. The first-order chi connectivity index (χ1) is 8.16. The summed E-state index contributed by atoms with van der Waals surface area (Å²) in [6, 6.07) is 3.96. The van der Waals surface area contributed by atoms with E-state index in [0.717, 1.165) is 24.5 Å². The van der Waals surface area contributed by atoms with Gasteiger partial charge in [-0.25, -0.2) is 0 Å². The summed E-state index contributed by atoms with van der Waals surface area (Å²) in [7, 11) is 0. The lowest BCUT2D eigenvalue weighted by Gasteiger charge is -2.23. The van der Waals surface area contributed by atoms with Gasteiger partial charge in [-0.3, -0.25) is 4.79 Å². The largest absolute Gasteiger partial charge is 0.335 e. The Morgan fingerprint density at radius 2 is 2.35 bits per heavy atom. The number of carbonyl (C=O) groups is 1. The molecule has 3 nitrogen and oxygen atoms in total. The Balaban J connectivity index is 1.79. The van der Waals surface area contributed by atoms with Crippen LogP contribution in [0.3, 0.4) is 0 Å². The van der Waals surface area contributed by atoms with Gasteiger partial charge in [0, 0.05) is 25.7 Å². The predicted octanol–water partition coefficient (Wildman–Crippen LogP) is 2.08. The Kier molecular flexibility index (Phi) is 2.89. The number of likely N-dealkylation sites (tertiary alicyclic amines) is 1. The highest BCUT2D eigenvalue weighted by molar-refractivity contribution is 7.17. The molecule has 2 saturated heterocycles. The van der Waals surface area contributed by atoms with Crippen LogP contribution in [0.15, 0.2) is 12.1 Å². The van der Waals surface area contributed by atoms with Crippen molar-refractivity contribution in [3.05, 3.63) is 21.3 Å². The van der Waals surface area contributed by atoms with Crippen molar-refractivity contribution in [1.29, 1.82) is 0 Å². The molecule has 92 valence electrons. The van der Waals surface area contributed by atoms with Crippen LogP contribution in [0.25, 0.3) is 0 Å². The summed E-state index contributed by atoms with van der Waals surface area (Å²) in [6.07, 6.45) is 0. The van der Waals surface area contributed by atoms with Crippen LogP contribution >= 0.6 is 22.9 Å². The van der Waals surface area contributed by atoms with Crippen LogP contribution in [-0.4, -0.2) is 36.5 Å². The molecule has 1 aromatic rings. The molecule has 1 amide bonds. The number of carbonyl (C=O) groups excluding carboxylic acids is 1. The van der Waals surface area contributed by atoms with Gasteiger partial charge in [0.1, 0.15) is 0 Å². The highest BCUT2D eigenvalue weighted by Gasteiger charge is 2.43. The predicted molar refractivity (Wildman–Crippen MR) is 69.7 cm³/mol. The lowest BCUT2D eigenvalue weighted by molar-refractivity contribution is 0.0733. The van der Waals surface area contributed by atoms with Gasteiger partial charge in [0.15, 0.2) is 0 Å². The minimum atomic E-state index is 0.142. The molecular weight excluding hydrogens is 256 g/mol. The van der Waals surface area contributed by atoms with E-state index in [0.29, 0.717) is 22.2 Å². The topological polar surface area (TPSA) is 32.3 Å². The van der Waals surface area contributed by atoms with Gasteiger partial charge in [-0.2, -0.15) is 0 Å². The Morgan fingerprint density at radius 1 is 1.53 bits per heavy atom. The van der Waals surface area contributed by atoms with Crippen LogP contribution in [0.1, 0.15) is 16.6 Å². The second kappa shape index (κ2) is 4.26. The zero-order valence-electron chi connectivity index (χ0n) is 9.65. The fraction of sp³-hybridized carbons (Fsp3) is 0.583. The number of thiophene rings is 1. The third-order valence-corrected chi connectivity index (χ3v) is 5.20. The summed E-state index contributed by atoms with van der Waals surface area (Å²) in [6.45, 7) is 5.13. The Morgan fingerprint density at radius 3 is 3.00 bits per heavy atom. The fourth-order valence-corrected chi connectivity index (χ4v) is 4.01. The van der Waals surface area contributed by atoms with Crippen molar-refractivity contribution in [3.8, 4) is 0 Å². The molecule has 1 aromatic heterocycles. The van der Waals surface area contributed by atoms with Crippen LogP contribution < -0.4 is 5.32 Å². The molecule has 3 heterocycles. The third-order valence-electron chi connectivity index (χ3n) is 3.98. The summed E-state index contributed by atoms with van der Waals surface area (Å²) in [5.74, 6) is 1.39. The fourth-order valence-electron chi connectivity index (χ4n) is 3.01. The van der Waals surface area contributed by atoms with Gasteiger partial charge < -0.3 is 10.2 Å². The third kappa shape index (κ3) is 1.88. The maximum Gasteiger partial charge on any atom is 0.264 e. The molecule has 3 atom stereocenters. The number of amides is 1. The van der Waals surface area contributed by atoms with Gasteiger partial charge in [-0.1, -0.05) is 11.6 Å². The molecule has 1 N–H and O–H groups in total. The van der Waals surface area contributed by atoms with E-state index in [9.17, 15) is 4.79 Å². The maximum atomic E-state index is 12.4. The van der Waals surface area contributed by atoms with E-state index in [2.05, 4.69) is 12.2 Å². The average Bonchev–Trinajstić information content (AvgIpc) is 2.96. The first kappa shape index (κ1) is 11.5. The second-order valence-corrected chi connectivity index (χ2v) is 6.60. The first-order valence-electron chi connectivity index (χ1n) is 5.94. The van der Waals surface area contributed by atoms with Crippen molar-refractivity contribution in [2.75, 3.05) is 19.6 Å². The monoisotopic (exact) mass is 270 g/mol. The van der Waals surface area contributed by atoms with E-state index in [4.69, 9.17) is 11.6 Å². The van der Waals surface area contributed by atoms with E-state index >= 15 is 0 Å². The highest BCUT2D eigenvalue weighted by Crippen LogP contribution is 2.34. The molecule has 5 heteroatoms. The van der Waals surface area contributed by atoms with Gasteiger partial charge in [0.25, 0.3) is 5.91 Å². The lowest BCUT2D eigenvalue weighted by Crippen LogP contribution is -2.37. The number of nitrogens with one attached hydrogen (secondary N) is 1. The van der Waals surface area contributed by atoms with Crippen LogP contribution in [0.4, 0.5) is 0 Å². The lowest BCUT2D eigenvalue weighted by atomic mass is 9.95. The molecule has 0 spiro atoms. The molecule has 0 saturated carbocycles. The van der Waals surface area contributed by atoms with Crippen LogP contribution in [0, 0.1) is 11.8 Å². The summed E-state index contributed by atoms with van der Waals surface area (Å²) in [5.41, 5.74) is 0. The number of nitrogens with zero attached hydrogens (tertiary/aromatic N) is 1. The minimum Gasteiger partial charge on any atom is -0.335 e. The van der Waals surface area contributed by atoms with Gasteiger partial charge in [-0.05, 0) is 30.9 Å². The smallest absolute Gasteiger partial charge is 0.264 e. The minimum absolute atomic E-state index is 0.142. The molecule has 0 aromatic carbocycles. The van der Waals surface area contributed by atoms with Crippen LogP contribution in [0.2, 0.25) is 4.34 Å². The summed E-state index contributed by atoms with van der Waals surface area (Å²) in [5, 5.41) is 3.40. The zero-order chi connectivity index (χ0) is 12.0. The summed E-state index contributed by atoms with van der Waals surface area (Å²) < 4.78 is 0.682. The molecule has 0 bridgehead atoms. The van der Waals surface area contributed by atoms with E-state index in [1.807, 2.05) is 11.0 Å². The SMILES string of the molecule is CC1C2CNCC2CN1C(=O)c1ccc(Cl)s1. The van der Waals surface area contributed by atoms with Crippen molar-refractivity contribution in [2.45, 2.75) is 13.0 Å². The Hall–Kier alpha value is -0.580. The van der Waals surface area contributed by atoms with Crippen molar-refractivity contribution in [2.24, 2.45) is 11.8 Å². The Bertz CT molecular complexity index is 447. The first-order valence-corrected chi connectivity index (χ1v) is 7.13. The van der Waals surface area contributed by atoms with E-state index in [1.165, 1.54) is 11.3 Å². The molecule has 3 unspecified atom stereocenters. The number of halogens is 1. The molecule has 0 aliphatic carbocycles. The molecule has 17 heavy (non-hydrogen) atoms. The van der Waals surface area contributed by atoms with Crippen LogP contribution in [-0.2, 0) is 0 Å². The van der Waals surface area contributed by atoms with Gasteiger partial charge in [0.2, 0.25) is 0 Å². The van der Waals surface area contributed by atoms with Crippen LogP contribution in [0.5, 0.6) is 0 Å². The van der Waals surface area contributed by atoms with Gasteiger partial charge in [0.05, 0.1) is 9.21 Å². The maximum absolute atomic E-state index is 12.4. The molecular formula is C12H15ClN2OS. The van der Waals surface area contributed by atoms with Gasteiger partial charge >= 0.3 is 0 Å². The highest BCUT2D eigenvalue weighted by atomic mass is 35.5.